The summed E-state index contributed by atoms with van der Waals surface area (Å²) in [5.74, 6) is -0.648. The van der Waals surface area contributed by atoms with Crippen LogP contribution in [0.1, 0.15) is 16.1 Å². The van der Waals surface area contributed by atoms with Crippen molar-refractivity contribution in [3.8, 4) is 0 Å². The fraction of sp³-hybridized carbons (Fsp3) is 0.0833. The van der Waals surface area contributed by atoms with Crippen LogP contribution in [0, 0.1) is 0 Å². The lowest BCUT2D eigenvalue weighted by Crippen LogP contribution is -2.37. The molecule has 0 aliphatic carbocycles. The van der Waals surface area contributed by atoms with Crippen molar-refractivity contribution < 1.29 is 9.59 Å². The molecule has 1 aromatic carbocycles. The summed E-state index contributed by atoms with van der Waals surface area (Å²) >= 11 is 0. The molecule has 0 unspecified atom stereocenters. The van der Waals surface area contributed by atoms with Gasteiger partial charge in [-0.1, -0.05) is 18.2 Å². The number of carbonyl (C=O) groups is 2. The number of carbonyl (C=O) groups excluding carboxylic acids is 2. The lowest BCUT2D eigenvalue weighted by atomic mass is 10.0. The quantitative estimate of drug-likeness (QED) is 0.664. The van der Waals surface area contributed by atoms with Gasteiger partial charge in [0.1, 0.15) is 0 Å². The van der Waals surface area contributed by atoms with Crippen molar-refractivity contribution in [3.63, 3.8) is 0 Å². The van der Waals surface area contributed by atoms with Gasteiger partial charge in [0.15, 0.2) is 0 Å². The van der Waals surface area contributed by atoms with Crippen molar-refractivity contribution in [2.24, 2.45) is 0 Å². The molecule has 1 aliphatic heterocycles. The van der Waals surface area contributed by atoms with Gasteiger partial charge in [0.2, 0.25) is 5.91 Å². The van der Waals surface area contributed by atoms with E-state index in [2.05, 4.69) is 10.3 Å². The smallest absolute Gasteiger partial charge is 0.259 e. The van der Waals surface area contributed by atoms with Crippen LogP contribution in [0.25, 0.3) is 10.9 Å². The first-order chi connectivity index (χ1) is 7.74. The van der Waals surface area contributed by atoms with Crippen LogP contribution in [0.15, 0.2) is 30.3 Å². The summed E-state index contributed by atoms with van der Waals surface area (Å²) in [4.78, 5) is 27.1. The molecule has 3 rings (SSSR count). The van der Waals surface area contributed by atoms with E-state index in [0.29, 0.717) is 11.3 Å². The molecule has 4 heteroatoms. The van der Waals surface area contributed by atoms with Gasteiger partial charge in [-0.15, -0.1) is 0 Å². The van der Waals surface area contributed by atoms with Crippen molar-refractivity contribution in [2.45, 2.75) is 6.42 Å². The molecule has 4 nitrogen and oxygen atoms in total. The van der Waals surface area contributed by atoms with Crippen LogP contribution in [-0.4, -0.2) is 16.8 Å². The molecule has 0 atom stereocenters. The van der Waals surface area contributed by atoms with Crippen LogP contribution in [0.5, 0.6) is 0 Å². The number of benzene rings is 1. The molecule has 2 amide bonds. The van der Waals surface area contributed by atoms with Crippen molar-refractivity contribution in [3.05, 3.63) is 41.6 Å². The summed E-state index contributed by atoms with van der Waals surface area (Å²) in [7, 11) is 0. The Balaban J connectivity index is 2.30. The Labute approximate surface area is 91.3 Å². The summed E-state index contributed by atoms with van der Waals surface area (Å²) in [6.07, 6.45) is 0.173. The number of fused-ring (bicyclic) bond motifs is 2. The largest absolute Gasteiger partial charge is 0.292 e. The minimum atomic E-state index is -0.357. The van der Waals surface area contributed by atoms with Gasteiger partial charge in [-0.25, -0.2) is 0 Å². The minimum Gasteiger partial charge on any atom is -0.292 e. The van der Waals surface area contributed by atoms with Crippen molar-refractivity contribution in [1.82, 2.24) is 10.3 Å². The van der Waals surface area contributed by atoms with Gasteiger partial charge < -0.3 is 0 Å². The normalized spacial score (nSPS) is 14.8. The highest BCUT2D eigenvalue weighted by molar-refractivity contribution is 6.10. The molecule has 0 saturated carbocycles. The zero-order valence-corrected chi connectivity index (χ0v) is 8.36. The van der Waals surface area contributed by atoms with Gasteiger partial charge in [-0.05, 0) is 12.1 Å². The van der Waals surface area contributed by atoms with E-state index in [4.69, 9.17) is 0 Å². The third-order valence-corrected chi connectivity index (χ3v) is 2.63. The fourth-order valence-electron chi connectivity index (χ4n) is 1.88. The summed E-state index contributed by atoms with van der Waals surface area (Å²) in [5, 5.41) is 3.19. The SMILES string of the molecule is O=C1Cc2nc3ccccc3cc2C(=O)N1. The Morgan fingerprint density at radius 3 is 2.88 bits per heavy atom. The molecule has 1 N–H and O–H groups in total. The number of imide groups is 1. The lowest BCUT2D eigenvalue weighted by Gasteiger charge is -2.14. The number of aromatic nitrogens is 1. The lowest BCUT2D eigenvalue weighted by molar-refractivity contribution is -0.119. The molecule has 78 valence electrons. The molecular formula is C12H8N2O2. The highest BCUT2D eigenvalue weighted by Crippen LogP contribution is 2.19. The van der Waals surface area contributed by atoms with Crippen LogP contribution in [-0.2, 0) is 11.2 Å². The predicted octanol–water partition coefficient (Wildman–Crippen LogP) is 1.05. The number of pyridine rings is 1. The van der Waals surface area contributed by atoms with Gasteiger partial charge in [-0.2, -0.15) is 0 Å². The maximum absolute atomic E-state index is 11.6. The highest BCUT2D eigenvalue weighted by Gasteiger charge is 2.23. The zero-order valence-electron chi connectivity index (χ0n) is 8.36. The Bertz CT molecular complexity index is 619. The number of nitrogens with zero attached hydrogens (tertiary/aromatic N) is 1. The molecule has 0 saturated heterocycles. The Hall–Kier alpha value is -2.23. The number of amides is 2. The predicted molar refractivity (Wildman–Crippen MR) is 57.9 cm³/mol. The first-order valence-electron chi connectivity index (χ1n) is 4.97. The third kappa shape index (κ3) is 1.27. The van der Waals surface area contributed by atoms with Crippen LogP contribution in [0.3, 0.4) is 0 Å². The average molecular weight is 212 g/mol. The maximum Gasteiger partial charge on any atom is 0.259 e. The van der Waals surface area contributed by atoms with E-state index < -0.39 is 0 Å². The van der Waals surface area contributed by atoms with Crippen LogP contribution in [0.2, 0.25) is 0 Å². The van der Waals surface area contributed by atoms with Gasteiger partial charge >= 0.3 is 0 Å². The summed E-state index contributed by atoms with van der Waals surface area (Å²) in [6.45, 7) is 0. The molecule has 1 aliphatic rings. The second-order valence-corrected chi connectivity index (χ2v) is 3.73. The number of para-hydroxylation sites is 1. The summed E-state index contributed by atoms with van der Waals surface area (Å²) < 4.78 is 0. The van der Waals surface area contributed by atoms with Crippen LogP contribution >= 0.6 is 0 Å². The molecule has 0 bridgehead atoms. The summed E-state index contributed by atoms with van der Waals surface area (Å²) in [6, 6.07) is 9.31. The second kappa shape index (κ2) is 3.13. The van der Waals surface area contributed by atoms with Crippen LogP contribution in [0.4, 0.5) is 0 Å². The van der Waals surface area contributed by atoms with Crippen molar-refractivity contribution in [1.29, 1.82) is 0 Å². The van der Waals surface area contributed by atoms with E-state index in [1.165, 1.54) is 0 Å². The summed E-state index contributed by atoms with van der Waals surface area (Å²) in [5.41, 5.74) is 1.87. The van der Waals surface area contributed by atoms with Gasteiger partial charge in [-0.3, -0.25) is 19.9 Å². The Kier molecular flexibility index (Phi) is 1.77. The average Bonchev–Trinajstić information content (AvgIpc) is 2.27. The first kappa shape index (κ1) is 9.03. The number of nitrogens with one attached hydrogen (secondary N) is 1. The monoisotopic (exact) mass is 212 g/mol. The molecule has 0 radical (unpaired) electrons. The maximum atomic E-state index is 11.6. The molecular weight excluding hydrogens is 204 g/mol. The highest BCUT2D eigenvalue weighted by atomic mass is 16.2. The first-order valence-corrected chi connectivity index (χ1v) is 4.97. The molecule has 2 heterocycles. The molecule has 1 aromatic heterocycles. The molecule has 2 aromatic rings. The van der Waals surface area contributed by atoms with E-state index in [9.17, 15) is 9.59 Å². The minimum absolute atomic E-state index is 0.173. The van der Waals surface area contributed by atoms with E-state index in [1.807, 2.05) is 24.3 Å². The standard InChI is InChI=1S/C12H8N2O2/c15-11-6-10-8(12(16)14-11)5-7-3-1-2-4-9(7)13-10/h1-5H,6H2,(H,14,15,16). The zero-order chi connectivity index (χ0) is 11.1. The fourth-order valence-corrected chi connectivity index (χ4v) is 1.88. The number of hydrogen-bond acceptors (Lipinski definition) is 3. The topological polar surface area (TPSA) is 59.1 Å². The molecule has 0 fully saturated rings. The van der Waals surface area contributed by atoms with Crippen molar-refractivity contribution in [2.75, 3.05) is 0 Å². The van der Waals surface area contributed by atoms with Gasteiger partial charge in [0.25, 0.3) is 5.91 Å². The third-order valence-electron chi connectivity index (χ3n) is 2.63. The molecule has 16 heavy (non-hydrogen) atoms. The van der Waals surface area contributed by atoms with E-state index in [0.717, 1.165) is 10.9 Å². The van der Waals surface area contributed by atoms with E-state index >= 15 is 0 Å². The number of hydrogen-bond donors (Lipinski definition) is 1. The van der Waals surface area contributed by atoms with Gasteiger partial charge in [0, 0.05) is 5.39 Å². The number of rotatable bonds is 0. The second-order valence-electron chi connectivity index (χ2n) is 3.73. The van der Waals surface area contributed by atoms with Gasteiger partial charge in [0.05, 0.1) is 23.2 Å². The van der Waals surface area contributed by atoms with E-state index in [-0.39, 0.29) is 18.2 Å². The Morgan fingerprint density at radius 1 is 1.19 bits per heavy atom. The van der Waals surface area contributed by atoms with E-state index in [1.54, 1.807) is 6.07 Å². The molecule has 0 spiro atoms. The van der Waals surface area contributed by atoms with Crippen molar-refractivity contribution >= 4 is 22.7 Å². The Morgan fingerprint density at radius 2 is 2.00 bits per heavy atom. The van der Waals surface area contributed by atoms with Crippen LogP contribution < -0.4 is 5.32 Å².